The number of aldehydes is 1. The number of carbonyl (C=O) groups is 2. The van der Waals surface area contributed by atoms with Crippen molar-refractivity contribution in [3.05, 3.63) is 11.6 Å². The Hall–Kier alpha value is -1.16. The number of carbonyl (C=O) groups excluding carboxylic acids is 2. The summed E-state index contributed by atoms with van der Waals surface area (Å²) >= 11 is 0. The first kappa shape index (κ1) is 12.9. The summed E-state index contributed by atoms with van der Waals surface area (Å²) in [6, 6.07) is 0. The first-order chi connectivity index (χ1) is 8.79. The number of aliphatic hydroxyl groups is 1. The molecule has 0 bridgehead atoms. The minimum Gasteiger partial charge on any atom is -0.463 e. The van der Waals surface area contributed by atoms with Crippen LogP contribution in [-0.2, 0) is 14.3 Å². The van der Waals surface area contributed by atoms with Gasteiger partial charge in [-0.2, -0.15) is 0 Å². The maximum Gasteiger partial charge on any atom is 0.335 e. The van der Waals surface area contributed by atoms with Gasteiger partial charge in [0, 0.05) is 10.8 Å². The molecule has 3 aliphatic rings. The van der Waals surface area contributed by atoms with Crippen LogP contribution < -0.4 is 0 Å². The Bertz CT molecular complexity index is 492. The van der Waals surface area contributed by atoms with E-state index < -0.39 is 17.5 Å². The molecule has 3 rings (SSSR count). The van der Waals surface area contributed by atoms with Crippen LogP contribution >= 0.6 is 0 Å². The Labute approximate surface area is 112 Å². The summed E-state index contributed by atoms with van der Waals surface area (Å²) in [7, 11) is 0. The second kappa shape index (κ2) is 3.48. The molecule has 0 aromatic carbocycles. The van der Waals surface area contributed by atoms with Crippen LogP contribution in [0.5, 0.6) is 0 Å². The van der Waals surface area contributed by atoms with Crippen molar-refractivity contribution in [3.63, 3.8) is 0 Å². The number of cyclic esters (lactones) is 1. The predicted molar refractivity (Wildman–Crippen MR) is 68.2 cm³/mol. The third-order valence-corrected chi connectivity index (χ3v) is 5.70. The van der Waals surface area contributed by atoms with Gasteiger partial charge in [-0.3, -0.25) is 4.79 Å². The second-order valence-electron chi connectivity index (χ2n) is 7.17. The van der Waals surface area contributed by atoms with E-state index >= 15 is 0 Å². The third kappa shape index (κ3) is 1.23. The molecule has 0 radical (unpaired) electrons. The van der Waals surface area contributed by atoms with E-state index in [1.807, 2.05) is 13.0 Å². The number of allylic oxidation sites excluding steroid dienone is 1. The Morgan fingerprint density at radius 1 is 1.42 bits per heavy atom. The molecule has 19 heavy (non-hydrogen) atoms. The molecular weight excluding hydrogens is 244 g/mol. The number of rotatable bonds is 1. The molecule has 4 heteroatoms. The average molecular weight is 264 g/mol. The highest BCUT2D eigenvalue weighted by Gasteiger charge is 2.73. The van der Waals surface area contributed by atoms with Gasteiger partial charge in [-0.25, -0.2) is 4.79 Å². The van der Waals surface area contributed by atoms with Crippen LogP contribution in [0.2, 0.25) is 0 Å². The Balaban J connectivity index is 2.25. The lowest BCUT2D eigenvalue weighted by Gasteiger charge is -2.50. The molecular formula is C15H20O4. The monoisotopic (exact) mass is 264 g/mol. The Morgan fingerprint density at radius 2 is 2.11 bits per heavy atom. The fourth-order valence-corrected chi connectivity index (χ4v) is 5.27. The van der Waals surface area contributed by atoms with E-state index in [0.29, 0.717) is 5.57 Å². The van der Waals surface area contributed by atoms with Gasteiger partial charge < -0.3 is 9.84 Å². The van der Waals surface area contributed by atoms with Crippen molar-refractivity contribution in [2.24, 2.45) is 22.2 Å². The van der Waals surface area contributed by atoms with E-state index in [0.717, 1.165) is 19.1 Å². The van der Waals surface area contributed by atoms with Crippen LogP contribution in [0, 0.1) is 22.2 Å². The molecule has 1 saturated heterocycles. The van der Waals surface area contributed by atoms with Gasteiger partial charge in [0.05, 0.1) is 6.61 Å². The summed E-state index contributed by atoms with van der Waals surface area (Å²) in [5.41, 5.74) is -0.550. The molecule has 4 nitrogen and oxygen atoms in total. The van der Waals surface area contributed by atoms with E-state index in [4.69, 9.17) is 4.74 Å². The number of aliphatic hydroxyl groups excluding tert-OH is 1. The van der Waals surface area contributed by atoms with E-state index in [9.17, 15) is 14.7 Å². The first-order valence-electron chi connectivity index (χ1n) is 6.80. The van der Waals surface area contributed by atoms with Crippen LogP contribution in [0.25, 0.3) is 0 Å². The summed E-state index contributed by atoms with van der Waals surface area (Å²) in [5, 5.41) is 10.5. The number of hydrogen-bond acceptors (Lipinski definition) is 4. The van der Waals surface area contributed by atoms with E-state index in [-0.39, 0.29) is 23.4 Å². The lowest BCUT2D eigenvalue weighted by molar-refractivity contribution is -0.191. The second-order valence-corrected chi connectivity index (χ2v) is 7.17. The minimum absolute atomic E-state index is 0.0228. The van der Waals surface area contributed by atoms with Gasteiger partial charge in [0.15, 0.2) is 6.10 Å². The molecule has 1 N–H and O–H groups in total. The zero-order valence-electron chi connectivity index (χ0n) is 11.6. The summed E-state index contributed by atoms with van der Waals surface area (Å²) in [6.45, 7) is 6.63. The topological polar surface area (TPSA) is 63.6 Å². The van der Waals surface area contributed by atoms with Gasteiger partial charge in [0.2, 0.25) is 0 Å². The number of ether oxygens (including phenoxy) is 1. The highest BCUT2D eigenvalue weighted by atomic mass is 16.6. The van der Waals surface area contributed by atoms with Crippen molar-refractivity contribution >= 4 is 12.3 Å². The van der Waals surface area contributed by atoms with Gasteiger partial charge >= 0.3 is 5.97 Å². The summed E-state index contributed by atoms with van der Waals surface area (Å²) in [5.74, 6) is -0.470. The normalized spacial score (nSPS) is 47.2. The Morgan fingerprint density at radius 3 is 2.74 bits per heavy atom. The van der Waals surface area contributed by atoms with Crippen molar-refractivity contribution in [2.75, 3.05) is 6.61 Å². The van der Waals surface area contributed by atoms with Crippen LogP contribution in [0.15, 0.2) is 11.6 Å². The van der Waals surface area contributed by atoms with Gasteiger partial charge in [0.25, 0.3) is 0 Å². The van der Waals surface area contributed by atoms with Gasteiger partial charge in [-0.15, -0.1) is 0 Å². The van der Waals surface area contributed by atoms with Crippen LogP contribution in [-0.4, -0.2) is 30.1 Å². The molecule has 2 aliphatic carbocycles. The fourth-order valence-electron chi connectivity index (χ4n) is 5.27. The Kier molecular flexibility index (Phi) is 2.35. The van der Waals surface area contributed by atoms with Gasteiger partial charge in [0.1, 0.15) is 6.29 Å². The lowest BCUT2D eigenvalue weighted by atomic mass is 9.57. The highest BCUT2D eigenvalue weighted by Crippen LogP contribution is 2.72. The van der Waals surface area contributed by atoms with E-state index in [2.05, 4.69) is 13.8 Å². The zero-order chi connectivity index (χ0) is 14.1. The van der Waals surface area contributed by atoms with Gasteiger partial charge in [-0.05, 0) is 29.7 Å². The van der Waals surface area contributed by atoms with E-state index in [1.54, 1.807) is 0 Å². The average Bonchev–Trinajstić information content (AvgIpc) is 2.80. The summed E-state index contributed by atoms with van der Waals surface area (Å²) < 4.78 is 5.16. The zero-order valence-corrected chi connectivity index (χ0v) is 11.6. The molecule has 1 unspecified atom stereocenters. The summed E-state index contributed by atoms with van der Waals surface area (Å²) in [4.78, 5) is 23.3. The van der Waals surface area contributed by atoms with Crippen molar-refractivity contribution < 1.29 is 19.4 Å². The van der Waals surface area contributed by atoms with Crippen molar-refractivity contribution in [1.82, 2.24) is 0 Å². The van der Waals surface area contributed by atoms with Crippen LogP contribution in [0.3, 0.4) is 0 Å². The fraction of sp³-hybridized carbons (Fsp3) is 0.733. The molecule has 1 heterocycles. The standard InChI is InChI=1S/C15H20O4/c1-13(2)7-14(3)8-19-12(18)11(17)15(14)9(6-16)4-5-10(13)15/h4,6,10-11,17H,5,7-8H2,1-3H3/t10-,11?,14+,15-/m0/s1. The van der Waals surface area contributed by atoms with Crippen LogP contribution in [0.4, 0.5) is 0 Å². The van der Waals surface area contributed by atoms with Gasteiger partial charge in [-0.1, -0.05) is 26.8 Å². The molecule has 104 valence electrons. The molecule has 0 amide bonds. The molecule has 4 atom stereocenters. The van der Waals surface area contributed by atoms with E-state index in [1.165, 1.54) is 0 Å². The highest BCUT2D eigenvalue weighted by molar-refractivity contribution is 5.85. The molecule has 0 aromatic heterocycles. The lowest BCUT2D eigenvalue weighted by Crippen LogP contribution is -2.58. The molecule has 1 spiro atoms. The smallest absolute Gasteiger partial charge is 0.335 e. The van der Waals surface area contributed by atoms with Crippen molar-refractivity contribution in [1.29, 1.82) is 0 Å². The number of esters is 1. The first-order valence-corrected chi connectivity index (χ1v) is 6.80. The molecule has 1 aliphatic heterocycles. The third-order valence-electron chi connectivity index (χ3n) is 5.70. The minimum atomic E-state index is -1.23. The van der Waals surface area contributed by atoms with Crippen molar-refractivity contribution in [3.8, 4) is 0 Å². The molecule has 2 fully saturated rings. The predicted octanol–water partition coefficient (Wildman–Crippen LogP) is 1.47. The largest absolute Gasteiger partial charge is 0.463 e. The SMILES string of the molecule is CC1(C)C[C@]2(C)COC(=O)C(O)[C@@]23C(C=O)=CC[C@@H]13. The van der Waals surface area contributed by atoms with Crippen molar-refractivity contribution in [2.45, 2.75) is 39.7 Å². The quantitative estimate of drug-likeness (QED) is 0.575. The van der Waals surface area contributed by atoms with Crippen LogP contribution in [0.1, 0.15) is 33.6 Å². The number of hydrogen-bond donors (Lipinski definition) is 1. The maximum absolute atomic E-state index is 11.9. The maximum atomic E-state index is 11.9. The summed E-state index contributed by atoms with van der Waals surface area (Å²) in [6.07, 6.45) is 3.10. The molecule has 0 aromatic rings. The molecule has 1 saturated carbocycles.